The van der Waals surface area contributed by atoms with E-state index in [0.29, 0.717) is 12.1 Å². The van der Waals surface area contributed by atoms with Gasteiger partial charge in [-0.3, -0.25) is 9.78 Å². The Morgan fingerprint density at radius 2 is 1.73 bits per heavy atom. The second-order valence-corrected chi connectivity index (χ2v) is 6.02. The maximum Gasteiger partial charge on any atom is 0.253 e. The molecule has 0 aliphatic rings. The van der Waals surface area contributed by atoms with Gasteiger partial charge in [0.25, 0.3) is 5.91 Å². The topological polar surface area (TPSA) is 45.2 Å². The van der Waals surface area contributed by atoms with Crippen LogP contribution in [0.25, 0.3) is 22.0 Å². The van der Waals surface area contributed by atoms with E-state index in [4.69, 9.17) is 0 Å². The molecule has 0 radical (unpaired) electrons. The van der Waals surface area contributed by atoms with Gasteiger partial charge in [-0.25, -0.2) is 0 Å². The largest absolute Gasteiger partial charge is 0.351 e. The van der Waals surface area contributed by atoms with Gasteiger partial charge in [-0.15, -0.1) is 24.8 Å². The zero-order chi connectivity index (χ0) is 16.9. The zero-order valence-corrected chi connectivity index (χ0v) is 16.4. The monoisotopic (exact) mass is 391 g/mol. The van der Waals surface area contributed by atoms with E-state index in [0.717, 1.165) is 28.6 Å². The number of amides is 1. The summed E-state index contributed by atoms with van der Waals surface area (Å²) in [5.74, 6) is -0.0849. The van der Waals surface area contributed by atoms with Crippen LogP contribution in [0.3, 0.4) is 0 Å². The van der Waals surface area contributed by atoms with Crippen molar-refractivity contribution in [1.29, 1.82) is 0 Å². The molecule has 0 aliphatic heterocycles. The maximum absolute atomic E-state index is 12.7. The number of carbonyl (C=O) groups excluding carboxylic acids is 1. The van der Waals surface area contributed by atoms with Crippen molar-refractivity contribution in [2.75, 3.05) is 27.2 Å². The van der Waals surface area contributed by atoms with E-state index < -0.39 is 0 Å². The molecule has 2 aromatic carbocycles. The number of nitrogens with one attached hydrogen (secondary N) is 1. The van der Waals surface area contributed by atoms with Gasteiger partial charge in [0.1, 0.15) is 0 Å². The molecule has 3 rings (SSSR count). The number of rotatable bonds is 5. The first-order chi connectivity index (χ1) is 11.6. The molecule has 0 saturated carbocycles. The first kappa shape index (κ1) is 21.9. The van der Waals surface area contributed by atoms with E-state index in [2.05, 4.69) is 16.4 Å². The Morgan fingerprint density at radius 1 is 1.00 bits per heavy atom. The van der Waals surface area contributed by atoms with Gasteiger partial charge in [-0.05, 0) is 43.4 Å². The van der Waals surface area contributed by atoms with Crippen LogP contribution in [0.5, 0.6) is 0 Å². The number of hydrogen-bond donors (Lipinski definition) is 1. The van der Waals surface area contributed by atoms with Crippen molar-refractivity contribution >= 4 is 41.6 Å². The minimum absolute atomic E-state index is 0. The molecule has 0 bridgehead atoms. The number of hydrogen-bond acceptors (Lipinski definition) is 3. The van der Waals surface area contributed by atoms with Crippen LogP contribution in [-0.4, -0.2) is 43.0 Å². The summed E-state index contributed by atoms with van der Waals surface area (Å²) in [6, 6.07) is 18.0. The van der Waals surface area contributed by atoms with Crippen LogP contribution in [0.1, 0.15) is 10.4 Å². The Bertz CT molecular complexity index is 854. The van der Waals surface area contributed by atoms with Gasteiger partial charge in [0.15, 0.2) is 0 Å². The fourth-order valence-corrected chi connectivity index (χ4v) is 2.65. The van der Waals surface area contributed by atoms with E-state index >= 15 is 0 Å². The molecule has 3 aromatic rings. The first-order valence-electron chi connectivity index (χ1n) is 8.02. The fraction of sp³-hybridized carbons (Fsp3) is 0.200. The highest BCUT2D eigenvalue weighted by atomic mass is 35.5. The lowest BCUT2D eigenvalue weighted by molar-refractivity contribution is 0.0952. The molecule has 26 heavy (non-hydrogen) atoms. The molecule has 1 amide bonds. The summed E-state index contributed by atoms with van der Waals surface area (Å²) in [6.07, 6.45) is 1.72. The van der Waals surface area contributed by atoms with Crippen LogP contribution in [-0.2, 0) is 0 Å². The molecule has 0 spiro atoms. The highest BCUT2D eigenvalue weighted by molar-refractivity contribution is 6.07. The second-order valence-electron chi connectivity index (χ2n) is 6.02. The van der Waals surface area contributed by atoms with Crippen molar-refractivity contribution in [2.45, 2.75) is 0 Å². The normalized spacial score (nSPS) is 10.1. The Kier molecular flexibility index (Phi) is 8.52. The summed E-state index contributed by atoms with van der Waals surface area (Å²) in [7, 11) is 3.97. The van der Waals surface area contributed by atoms with Crippen molar-refractivity contribution in [3.63, 3.8) is 0 Å². The summed E-state index contributed by atoms with van der Waals surface area (Å²) in [5, 5.41) is 3.95. The minimum Gasteiger partial charge on any atom is -0.351 e. The Labute approximate surface area is 166 Å². The molecule has 0 unspecified atom stereocenters. The molecule has 0 atom stereocenters. The van der Waals surface area contributed by atoms with E-state index in [-0.39, 0.29) is 30.7 Å². The predicted octanol–water partition coefficient (Wildman–Crippen LogP) is 4.04. The van der Waals surface area contributed by atoms with Crippen LogP contribution < -0.4 is 5.32 Å². The predicted molar refractivity (Wildman–Crippen MR) is 113 cm³/mol. The lowest BCUT2D eigenvalue weighted by Crippen LogP contribution is -2.31. The molecule has 6 heteroatoms. The first-order valence-corrected chi connectivity index (χ1v) is 8.02. The van der Waals surface area contributed by atoms with Gasteiger partial charge in [-0.1, -0.05) is 36.4 Å². The number of likely N-dealkylation sites (N-methyl/N-ethyl adjacent to an activating group) is 1. The van der Waals surface area contributed by atoms with Gasteiger partial charge in [0.05, 0.1) is 11.1 Å². The molecule has 0 aliphatic carbocycles. The Morgan fingerprint density at radius 3 is 2.42 bits per heavy atom. The fourth-order valence-electron chi connectivity index (χ4n) is 2.65. The number of fused-ring (bicyclic) bond motifs is 1. The second kappa shape index (κ2) is 10.1. The quantitative estimate of drug-likeness (QED) is 0.713. The molecule has 138 valence electrons. The SMILES string of the molecule is CN(C)CCNC(=O)c1cc(-c2ccccc2)cc2cccnc12.Cl.Cl. The molecule has 1 aromatic heterocycles. The van der Waals surface area contributed by atoms with E-state index in [1.54, 1.807) is 6.20 Å². The van der Waals surface area contributed by atoms with Crippen LogP contribution in [0.4, 0.5) is 0 Å². The van der Waals surface area contributed by atoms with E-state index in [1.165, 1.54) is 0 Å². The van der Waals surface area contributed by atoms with Crippen LogP contribution in [0, 0.1) is 0 Å². The number of carbonyl (C=O) groups is 1. The van der Waals surface area contributed by atoms with Gasteiger partial charge >= 0.3 is 0 Å². The Hall–Kier alpha value is -2.14. The average Bonchev–Trinajstić information content (AvgIpc) is 2.61. The number of pyridine rings is 1. The third-order valence-corrected chi connectivity index (χ3v) is 3.90. The van der Waals surface area contributed by atoms with Crippen LogP contribution in [0.2, 0.25) is 0 Å². The van der Waals surface area contributed by atoms with Gasteiger partial charge in [0.2, 0.25) is 0 Å². The van der Waals surface area contributed by atoms with Crippen molar-refractivity contribution in [2.24, 2.45) is 0 Å². The lowest BCUT2D eigenvalue weighted by atomic mass is 9.99. The summed E-state index contributed by atoms with van der Waals surface area (Å²) in [5.41, 5.74) is 3.46. The molecule has 1 heterocycles. The highest BCUT2D eigenvalue weighted by Gasteiger charge is 2.13. The third-order valence-electron chi connectivity index (χ3n) is 3.90. The van der Waals surface area contributed by atoms with Gasteiger partial charge in [0, 0.05) is 24.7 Å². The van der Waals surface area contributed by atoms with Crippen molar-refractivity contribution < 1.29 is 4.79 Å². The molecule has 4 nitrogen and oxygen atoms in total. The van der Waals surface area contributed by atoms with Gasteiger partial charge in [-0.2, -0.15) is 0 Å². The van der Waals surface area contributed by atoms with Crippen LogP contribution in [0.15, 0.2) is 60.8 Å². The average molecular weight is 392 g/mol. The van der Waals surface area contributed by atoms with Crippen molar-refractivity contribution in [1.82, 2.24) is 15.2 Å². The number of halogens is 2. The third kappa shape index (κ3) is 5.18. The summed E-state index contributed by atoms with van der Waals surface area (Å²) >= 11 is 0. The van der Waals surface area contributed by atoms with Crippen molar-refractivity contribution in [3.8, 4) is 11.1 Å². The van der Waals surface area contributed by atoms with E-state index in [1.807, 2.05) is 67.5 Å². The van der Waals surface area contributed by atoms with Crippen molar-refractivity contribution in [3.05, 3.63) is 66.4 Å². The number of aromatic nitrogens is 1. The summed E-state index contributed by atoms with van der Waals surface area (Å²) < 4.78 is 0. The summed E-state index contributed by atoms with van der Waals surface area (Å²) in [6.45, 7) is 1.41. The maximum atomic E-state index is 12.7. The minimum atomic E-state index is -0.0849. The standard InChI is InChI=1S/C20H21N3O.2ClH/c1-23(2)12-11-22-20(24)18-14-17(15-7-4-3-5-8-15)13-16-9-6-10-21-19(16)18;;/h3-10,13-14H,11-12H2,1-2H3,(H,22,24);2*1H. The molecule has 0 saturated heterocycles. The number of benzene rings is 2. The number of nitrogens with zero attached hydrogens (tertiary/aromatic N) is 2. The molecule has 1 N–H and O–H groups in total. The Balaban J connectivity index is 0.00000169. The summed E-state index contributed by atoms with van der Waals surface area (Å²) in [4.78, 5) is 19.1. The molecule has 0 fully saturated rings. The smallest absolute Gasteiger partial charge is 0.253 e. The zero-order valence-electron chi connectivity index (χ0n) is 14.8. The highest BCUT2D eigenvalue weighted by Crippen LogP contribution is 2.26. The van der Waals surface area contributed by atoms with Gasteiger partial charge < -0.3 is 10.2 Å². The molecular formula is C20H23Cl2N3O. The van der Waals surface area contributed by atoms with E-state index in [9.17, 15) is 4.79 Å². The lowest BCUT2D eigenvalue weighted by Gasteiger charge is -2.12. The van der Waals surface area contributed by atoms with Crippen LogP contribution >= 0.6 is 24.8 Å². The molecular weight excluding hydrogens is 369 g/mol.